The minimum absolute atomic E-state index is 0.0460. The standard InChI is InChI=1S/C18H22N4O2/c1-2-15(14-6-4-3-5-7-14)18(23)21-16-12-17(20-13-19-16)22-8-10-24-11-9-22/h3-7,12-13,15H,2,8-11H2,1H3,(H,19,20,21,23)/t15-/m1/s1. The Morgan fingerprint density at radius 1 is 1.25 bits per heavy atom. The number of nitrogens with zero attached hydrogens (tertiary/aromatic N) is 3. The van der Waals surface area contributed by atoms with Crippen LogP contribution >= 0.6 is 0 Å². The summed E-state index contributed by atoms with van der Waals surface area (Å²) in [6, 6.07) is 11.6. The first-order valence-electron chi connectivity index (χ1n) is 8.28. The van der Waals surface area contributed by atoms with Gasteiger partial charge in [-0.05, 0) is 12.0 Å². The molecule has 1 atom stereocenters. The highest BCUT2D eigenvalue weighted by atomic mass is 16.5. The first-order valence-corrected chi connectivity index (χ1v) is 8.28. The predicted molar refractivity (Wildman–Crippen MR) is 93.2 cm³/mol. The van der Waals surface area contributed by atoms with Crippen LogP contribution in [0.15, 0.2) is 42.7 Å². The van der Waals surface area contributed by atoms with Crippen molar-refractivity contribution in [2.45, 2.75) is 19.3 Å². The topological polar surface area (TPSA) is 67.4 Å². The molecule has 126 valence electrons. The number of morpholine rings is 1. The highest BCUT2D eigenvalue weighted by Gasteiger charge is 2.20. The molecule has 1 saturated heterocycles. The number of rotatable bonds is 5. The van der Waals surface area contributed by atoms with Gasteiger partial charge in [0.05, 0.1) is 19.1 Å². The Morgan fingerprint density at radius 2 is 2.00 bits per heavy atom. The van der Waals surface area contributed by atoms with E-state index in [9.17, 15) is 4.79 Å². The average molecular weight is 326 g/mol. The van der Waals surface area contributed by atoms with E-state index in [0.717, 1.165) is 30.9 Å². The Kier molecular flexibility index (Phi) is 5.38. The van der Waals surface area contributed by atoms with Crippen molar-refractivity contribution in [2.24, 2.45) is 0 Å². The number of carbonyl (C=O) groups is 1. The molecule has 1 aliphatic rings. The fourth-order valence-corrected chi connectivity index (χ4v) is 2.85. The van der Waals surface area contributed by atoms with E-state index in [2.05, 4.69) is 20.2 Å². The van der Waals surface area contributed by atoms with Crippen molar-refractivity contribution in [2.75, 3.05) is 36.5 Å². The third-order valence-electron chi connectivity index (χ3n) is 4.17. The molecule has 2 heterocycles. The van der Waals surface area contributed by atoms with Gasteiger partial charge in [0.25, 0.3) is 0 Å². The molecule has 6 heteroatoms. The molecule has 1 aromatic heterocycles. The molecule has 6 nitrogen and oxygen atoms in total. The third-order valence-corrected chi connectivity index (χ3v) is 4.17. The maximum Gasteiger partial charge on any atom is 0.233 e. The largest absolute Gasteiger partial charge is 0.378 e. The molecule has 1 N–H and O–H groups in total. The lowest BCUT2D eigenvalue weighted by Crippen LogP contribution is -2.36. The van der Waals surface area contributed by atoms with Crippen molar-refractivity contribution in [3.05, 3.63) is 48.3 Å². The number of hydrogen-bond acceptors (Lipinski definition) is 5. The second-order valence-electron chi connectivity index (χ2n) is 5.72. The molecule has 0 spiro atoms. The van der Waals surface area contributed by atoms with E-state index in [4.69, 9.17) is 4.74 Å². The molecule has 1 fully saturated rings. The second-order valence-corrected chi connectivity index (χ2v) is 5.72. The fourth-order valence-electron chi connectivity index (χ4n) is 2.85. The molecule has 1 amide bonds. The van der Waals surface area contributed by atoms with Gasteiger partial charge in [-0.2, -0.15) is 0 Å². The Bertz CT molecular complexity index is 672. The van der Waals surface area contributed by atoms with Crippen LogP contribution in [0.3, 0.4) is 0 Å². The van der Waals surface area contributed by atoms with E-state index >= 15 is 0 Å². The highest BCUT2D eigenvalue weighted by molar-refractivity contribution is 5.95. The smallest absolute Gasteiger partial charge is 0.233 e. The Hall–Kier alpha value is -2.47. The fraction of sp³-hybridized carbons (Fsp3) is 0.389. The molecule has 0 saturated carbocycles. The molecule has 1 aromatic carbocycles. The van der Waals surface area contributed by atoms with Crippen LogP contribution in [0.5, 0.6) is 0 Å². The van der Waals surface area contributed by atoms with E-state index in [0.29, 0.717) is 19.0 Å². The predicted octanol–water partition coefficient (Wildman–Crippen LogP) is 2.45. The summed E-state index contributed by atoms with van der Waals surface area (Å²) in [4.78, 5) is 23.2. The monoisotopic (exact) mass is 326 g/mol. The molecule has 24 heavy (non-hydrogen) atoms. The zero-order valence-corrected chi connectivity index (χ0v) is 13.8. The summed E-state index contributed by atoms with van der Waals surface area (Å²) in [5, 5.41) is 2.92. The average Bonchev–Trinajstić information content (AvgIpc) is 2.64. The minimum Gasteiger partial charge on any atom is -0.378 e. The molecule has 3 rings (SSSR count). The van der Waals surface area contributed by atoms with Crippen LogP contribution in [0, 0.1) is 0 Å². The summed E-state index contributed by atoms with van der Waals surface area (Å²) >= 11 is 0. The van der Waals surface area contributed by atoms with Gasteiger partial charge in [0.15, 0.2) is 0 Å². The number of ether oxygens (including phenoxy) is 1. The number of carbonyl (C=O) groups excluding carboxylic acids is 1. The maximum absolute atomic E-state index is 12.6. The lowest BCUT2D eigenvalue weighted by Gasteiger charge is -2.27. The van der Waals surface area contributed by atoms with Crippen LogP contribution in [0.1, 0.15) is 24.8 Å². The number of aromatic nitrogens is 2. The zero-order chi connectivity index (χ0) is 16.8. The highest BCUT2D eigenvalue weighted by Crippen LogP contribution is 2.22. The lowest BCUT2D eigenvalue weighted by molar-refractivity contribution is -0.117. The summed E-state index contributed by atoms with van der Waals surface area (Å²) < 4.78 is 5.36. The maximum atomic E-state index is 12.6. The van der Waals surface area contributed by atoms with Crippen molar-refractivity contribution in [1.82, 2.24) is 9.97 Å². The van der Waals surface area contributed by atoms with Gasteiger partial charge < -0.3 is 15.0 Å². The number of amides is 1. The van der Waals surface area contributed by atoms with Gasteiger partial charge in [-0.25, -0.2) is 9.97 Å². The summed E-state index contributed by atoms with van der Waals surface area (Å²) in [6.07, 6.45) is 2.22. The summed E-state index contributed by atoms with van der Waals surface area (Å²) in [6.45, 7) is 4.99. The Balaban J connectivity index is 1.71. The molecule has 0 unspecified atom stereocenters. The zero-order valence-electron chi connectivity index (χ0n) is 13.8. The molecule has 2 aromatic rings. The van der Waals surface area contributed by atoms with E-state index in [-0.39, 0.29) is 11.8 Å². The van der Waals surface area contributed by atoms with Gasteiger partial charge in [0.1, 0.15) is 18.0 Å². The van der Waals surface area contributed by atoms with Crippen LogP contribution < -0.4 is 10.2 Å². The summed E-state index contributed by atoms with van der Waals surface area (Å²) in [7, 11) is 0. The van der Waals surface area contributed by atoms with E-state index in [1.54, 1.807) is 0 Å². The Labute approximate surface area is 141 Å². The molecule has 1 aliphatic heterocycles. The molecular weight excluding hydrogens is 304 g/mol. The van der Waals surface area contributed by atoms with Crippen molar-refractivity contribution >= 4 is 17.5 Å². The Morgan fingerprint density at radius 3 is 2.71 bits per heavy atom. The van der Waals surface area contributed by atoms with Crippen molar-refractivity contribution in [3.8, 4) is 0 Å². The number of hydrogen-bond donors (Lipinski definition) is 1. The lowest BCUT2D eigenvalue weighted by atomic mass is 9.96. The third kappa shape index (κ3) is 3.89. The van der Waals surface area contributed by atoms with Crippen molar-refractivity contribution in [1.29, 1.82) is 0 Å². The van der Waals surface area contributed by atoms with E-state index in [1.807, 2.05) is 43.3 Å². The normalized spacial score (nSPS) is 15.8. The van der Waals surface area contributed by atoms with Crippen LogP contribution in [0.2, 0.25) is 0 Å². The van der Waals surface area contributed by atoms with Gasteiger partial charge in [0.2, 0.25) is 5.91 Å². The molecule has 0 bridgehead atoms. The number of nitrogens with one attached hydrogen (secondary N) is 1. The first kappa shape index (κ1) is 16.4. The van der Waals surface area contributed by atoms with Gasteiger partial charge in [-0.3, -0.25) is 4.79 Å². The summed E-state index contributed by atoms with van der Waals surface area (Å²) in [5.74, 6) is 1.12. The minimum atomic E-state index is -0.187. The van der Waals surface area contributed by atoms with E-state index < -0.39 is 0 Å². The van der Waals surface area contributed by atoms with Crippen LogP contribution in [-0.2, 0) is 9.53 Å². The number of anilines is 2. The van der Waals surface area contributed by atoms with Gasteiger partial charge in [-0.15, -0.1) is 0 Å². The van der Waals surface area contributed by atoms with E-state index in [1.165, 1.54) is 6.33 Å². The van der Waals surface area contributed by atoms with Gasteiger partial charge in [-0.1, -0.05) is 37.3 Å². The molecule has 0 aliphatic carbocycles. The molecular formula is C18H22N4O2. The van der Waals surface area contributed by atoms with Crippen molar-refractivity contribution < 1.29 is 9.53 Å². The van der Waals surface area contributed by atoms with Crippen molar-refractivity contribution in [3.63, 3.8) is 0 Å². The van der Waals surface area contributed by atoms with Gasteiger partial charge in [0, 0.05) is 19.2 Å². The van der Waals surface area contributed by atoms with Crippen LogP contribution in [0.4, 0.5) is 11.6 Å². The first-order chi connectivity index (χ1) is 11.8. The number of benzene rings is 1. The van der Waals surface area contributed by atoms with Crippen LogP contribution in [0.25, 0.3) is 0 Å². The van der Waals surface area contributed by atoms with Gasteiger partial charge >= 0.3 is 0 Å². The van der Waals surface area contributed by atoms with Crippen LogP contribution in [-0.4, -0.2) is 42.2 Å². The SMILES string of the molecule is CC[C@@H](C(=O)Nc1cc(N2CCOCC2)ncn1)c1ccccc1. The quantitative estimate of drug-likeness (QED) is 0.914. The summed E-state index contributed by atoms with van der Waals surface area (Å²) in [5.41, 5.74) is 1.01. The molecule has 0 radical (unpaired) electrons. The second kappa shape index (κ2) is 7.88.